The standard InChI is InChI=1S/C17H19NO5/c1-12-15(8-10-22-12)17(21)18-11-13-4-6-14(7-5-13)23-9-2-3-16(19)20/h4-8,10H,2-3,9,11H2,1H3,(H,18,21)(H,19,20). The minimum Gasteiger partial charge on any atom is -0.494 e. The fourth-order valence-electron chi connectivity index (χ4n) is 2.02. The van der Waals surface area contributed by atoms with Crippen molar-refractivity contribution in [1.82, 2.24) is 5.32 Å². The lowest BCUT2D eigenvalue weighted by Gasteiger charge is -2.07. The summed E-state index contributed by atoms with van der Waals surface area (Å²) < 4.78 is 10.5. The smallest absolute Gasteiger partial charge is 0.303 e. The van der Waals surface area contributed by atoms with Crippen molar-refractivity contribution in [1.29, 1.82) is 0 Å². The third-order valence-electron chi connectivity index (χ3n) is 3.28. The van der Waals surface area contributed by atoms with E-state index in [1.54, 1.807) is 25.1 Å². The van der Waals surface area contributed by atoms with Crippen molar-refractivity contribution in [2.24, 2.45) is 0 Å². The van der Waals surface area contributed by atoms with Crippen molar-refractivity contribution in [3.63, 3.8) is 0 Å². The van der Waals surface area contributed by atoms with Crippen molar-refractivity contribution < 1.29 is 23.8 Å². The molecule has 0 aliphatic carbocycles. The highest BCUT2D eigenvalue weighted by molar-refractivity contribution is 5.94. The first-order valence-electron chi connectivity index (χ1n) is 7.32. The lowest BCUT2D eigenvalue weighted by Crippen LogP contribution is -2.22. The van der Waals surface area contributed by atoms with Gasteiger partial charge in [-0.3, -0.25) is 9.59 Å². The number of hydrogen-bond acceptors (Lipinski definition) is 4. The Balaban J connectivity index is 1.77. The van der Waals surface area contributed by atoms with Gasteiger partial charge in [0.25, 0.3) is 5.91 Å². The average Bonchev–Trinajstić information content (AvgIpc) is 2.96. The molecule has 6 heteroatoms. The Morgan fingerprint density at radius 1 is 1.22 bits per heavy atom. The Hall–Kier alpha value is -2.76. The summed E-state index contributed by atoms with van der Waals surface area (Å²) in [6.45, 7) is 2.51. The molecule has 2 aromatic rings. The number of nitrogens with one attached hydrogen (secondary N) is 1. The zero-order valence-corrected chi connectivity index (χ0v) is 12.9. The molecule has 1 aromatic heterocycles. The number of rotatable bonds is 8. The maximum atomic E-state index is 12.0. The van der Waals surface area contributed by atoms with E-state index in [-0.39, 0.29) is 12.3 Å². The van der Waals surface area contributed by atoms with Gasteiger partial charge >= 0.3 is 5.97 Å². The number of carboxylic acids is 1. The minimum absolute atomic E-state index is 0.0948. The number of furan rings is 1. The minimum atomic E-state index is -0.826. The molecule has 122 valence electrons. The predicted molar refractivity (Wildman–Crippen MR) is 83.4 cm³/mol. The van der Waals surface area contributed by atoms with Crippen LogP contribution in [0, 0.1) is 6.92 Å². The zero-order valence-electron chi connectivity index (χ0n) is 12.9. The van der Waals surface area contributed by atoms with E-state index in [0.29, 0.717) is 36.6 Å². The van der Waals surface area contributed by atoms with E-state index in [2.05, 4.69) is 5.32 Å². The number of carboxylic acid groups (broad SMARTS) is 1. The van der Waals surface area contributed by atoms with Gasteiger partial charge in [0.1, 0.15) is 11.5 Å². The van der Waals surface area contributed by atoms with E-state index >= 15 is 0 Å². The number of carbonyl (C=O) groups is 2. The summed E-state index contributed by atoms with van der Waals surface area (Å²) >= 11 is 0. The Kier molecular flexibility index (Phi) is 5.80. The highest BCUT2D eigenvalue weighted by Gasteiger charge is 2.10. The monoisotopic (exact) mass is 317 g/mol. The van der Waals surface area contributed by atoms with Gasteiger partial charge in [-0.15, -0.1) is 0 Å². The van der Waals surface area contributed by atoms with Gasteiger partial charge in [0.2, 0.25) is 0 Å². The second kappa shape index (κ2) is 8.03. The molecule has 0 aliphatic heterocycles. The molecule has 6 nitrogen and oxygen atoms in total. The van der Waals surface area contributed by atoms with E-state index in [1.807, 2.05) is 12.1 Å². The molecule has 0 bridgehead atoms. The molecule has 23 heavy (non-hydrogen) atoms. The summed E-state index contributed by atoms with van der Waals surface area (Å²) in [5.41, 5.74) is 1.47. The van der Waals surface area contributed by atoms with Crippen LogP contribution in [-0.2, 0) is 11.3 Å². The van der Waals surface area contributed by atoms with Gasteiger partial charge < -0.3 is 19.6 Å². The van der Waals surface area contributed by atoms with Crippen molar-refractivity contribution in [2.75, 3.05) is 6.61 Å². The van der Waals surface area contributed by atoms with Crippen LogP contribution in [0.4, 0.5) is 0 Å². The molecule has 2 rings (SSSR count). The van der Waals surface area contributed by atoms with Crippen LogP contribution in [0.25, 0.3) is 0 Å². The highest BCUT2D eigenvalue weighted by Crippen LogP contribution is 2.13. The second-order valence-corrected chi connectivity index (χ2v) is 5.06. The van der Waals surface area contributed by atoms with Gasteiger partial charge in [0, 0.05) is 13.0 Å². The predicted octanol–water partition coefficient (Wildman–Crippen LogP) is 2.76. The molecule has 0 spiro atoms. The molecule has 0 fully saturated rings. The Morgan fingerprint density at radius 2 is 1.96 bits per heavy atom. The average molecular weight is 317 g/mol. The van der Waals surface area contributed by atoms with Crippen molar-refractivity contribution in [2.45, 2.75) is 26.3 Å². The molecule has 0 saturated heterocycles. The van der Waals surface area contributed by atoms with Gasteiger partial charge in [-0.1, -0.05) is 12.1 Å². The Morgan fingerprint density at radius 3 is 2.57 bits per heavy atom. The van der Waals surface area contributed by atoms with E-state index in [1.165, 1.54) is 6.26 Å². The number of aryl methyl sites for hydroxylation is 1. The summed E-state index contributed by atoms with van der Waals surface area (Å²) in [5, 5.41) is 11.4. The molecule has 1 aromatic carbocycles. The first-order valence-corrected chi connectivity index (χ1v) is 7.32. The maximum absolute atomic E-state index is 12.0. The molecule has 2 N–H and O–H groups in total. The van der Waals surface area contributed by atoms with Crippen LogP contribution in [0.1, 0.15) is 34.5 Å². The summed E-state index contributed by atoms with van der Waals surface area (Å²) in [6.07, 6.45) is 2.05. The molecule has 0 unspecified atom stereocenters. The number of ether oxygens (including phenoxy) is 1. The van der Waals surface area contributed by atoms with Crippen LogP contribution in [0.2, 0.25) is 0 Å². The van der Waals surface area contributed by atoms with Crippen LogP contribution in [0.15, 0.2) is 41.0 Å². The summed E-state index contributed by atoms with van der Waals surface area (Å²) in [4.78, 5) is 22.3. The van der Waals surface area contributed by atoms with Gasteiger partial charge in [-0.05, 0) is 37.1 Å². The maximum Gasteiger partial charge on any atom is 0.303 e. The number of amides is 1. The number of carbonyl (C=O) groups excluding carboxylic acids is 1. The molecule has 0 aliphatic rings. The fraction of sp³-hybridized carbons (Fsp3) is 0.294. The molecule has 0 atom stereocenters. The van der Waals surface area contributed by atoms with E-state index < -0.39 is 5.97 Å². The Labute approximate surface area is 134 Å². The molecule has 0 radical (unpaired) electrons. The quantitative estimate of drug-likeness (QED) is 0.731. The summed E-state index contributed by atoms with van der Waals surface area (Å²) in [5.74, 6) is 0.265. The van der Waals surface area contributed by atoms with Crippen LogP contribution in [0.3, 0.4) is 0 Å². The van der Waals surface area contributed by atoms with E-state index in [0.717, 1.165) is 5.56 Å². The highest BCUT2D eigenvalue weighted by atomic mass is 16.5. The van der Waals surface area contributed by atoms with Gasteiger partial charge in [-0.25, -0.2) is 0 Å². The third-order valence-corrected chi connectivity index (χ3v) is 3.28. The number of benzene rings is 1. The van der Waals surface area contributed by atoms with Gasteiger partial charge in [0.05, 0.1) is 18.4 Å². The van der Waals surface area contributed by atoms with Crippen molar-refractivity contribution in [3.8, 4) is 5.75 Å². The van der Waals surface area contributed by atoms with E-state index in [4.69, 9.17) is 14.3 Å². The largest absolute Gasteiger partial charge is 0.494 e. The lowest BCUT2D eigenvalue weighted by molar-refractivity contribution is -0.137. The first kappa shape index (κ1) is 16.6. The summed E-state index contributed by atoms with van der Waals surface area (Å²) in [6, 6.07) is 8.94. The summed E-state index contributed by atoms with van der Waals surface area (Å²) in [7, 11) is 0. The van der Waals surface area contributed by atoms with Crippen LogP contribution < -0.4 is 10.1 Å². The zero-order chi connectivity index (χ0) is 16.7. The van der Waals surface area contributed by atoms with Crippen LogP contribution in [0.5, 0.6) is 5.75 Å². The SMILES string of the molecule is Cc1occc1C(=O)NCc1ccc(OCCCC(=O)O)cc1. The molecule has 1 heterocycles. The number of hydrogen-bond donors (Lipinski definition) is 2. The fourth-order valence-corrected chi connectivity index (χ4v) is 2.02. The van der Waals surface area contributed by atoms with E-state index in [9.17, 15) is 9.59 Å². The molecular formula is C17H19NO5. The van der Waals surface area contributed by atoms with Gasteiger partial charge in [0.15, 0.2) is 0 Å². The first-order chi connectivity index (χ1) is 11.1. The Bertz CT molecular complexity index is 660. The second-order valence-electron chi connectivity index (χ2n) is 5.06. The lowest BCUT2D eigenvalue weighted by atomic mass is 10.2. The van der Waals surface area contributed by atoms with Crippen molar-refractivity contribution in [3.05, 3.63) is 53.5 Å². The van der Waals surface area contributed by atoms with Gasteiger partial charge in [-0.2, -0.15) is 0 Å². The molecule has 1 amide bonds. The topological polar surface area (TPSA) is 88.8 Å². The van der Waals surface area contributed by atoms with Crippen molar-refractivity contribution >= 4 is 11.9 Å². The third kappa shape index (κ3) is 5.18. The van der Waals surface area contributed by atoms with Crippen LogP contribution >= 0.6 is 0 Å². The molecule has 0 saturated carbocycles. The molecular weight excluding hydrogens is 298 g/mol. The normalized spacial score (nSPS) is 10.3. The number of aliphatic carboxylic acids is 1. The van der Waals surface area contributed by atoms with Crippen LogP contribution in [-0.4, -0.2) is 23.6 Å².